The standard InChI is InChI=1S/C11H8O3/c1-3-8-4-5-10(11(13)14-2)9(6-8)7-12/h1,4-7H,2H3. The second-order valence-electron chi connectivity index (χ2n) is 2.56. The lowest BCUT2D eigenvalue weighted by Crippen LogP contribution is -2.05. The van der Waals surface area contributed by atoms with Crippen LogP contribution in [0.4, 0.5) is 0 Å². The van der Waals surface area contributed by atoms with Crippen molar-refractivity contribution in [2.45, 2.75) is 0 Å². The summed E-state index contributed by atoms with van der Waals surface area (Å²) in [6.07, 6.45) is 5.73. The third kappa shape index (κ3) is 1.80. The number of carbonyl (C=O) groups is 2. The molecule has 0 bridgehead atoms. The van der Waals surface area contributed by atoms with Gasteiger partial charge in [-0.1, -0.05) is 5.92 Å². The number of rotatable bonds is 2. The van der Waals surface area contributed by atoms with E-state index in [1.165, 1.54) is 19.2 Å². The summed E-state index contributed by atoms with van der Waals surface area (Å²) >= 11 is 0. The van der Waals surface area contributed by atoms with Gasteiger partial charge < -0.3 is 4.74 Å². The number of hydrogen-bond acceptors (Lipinski definition) is 3. The van der Waals surface area contributed by atoms with Crippen LogP contribution in [0.15, 0.2) is 18.2 Å². The van der Waals surface area contributed by atoms with E-state index in [4.69, 9.17) is 6.42 Å². The maximum absolute atomic E-state index is 11.2. The van der Waals surface area contributed by atoms with Gasteiger partial charge in [0.05, 0.1) is 12.7 Å². The molecule has 1 rings (SSSR count). The van der Waals surface area contributed by atoms with Crippen LogP contribution in [0.3, 0.4) is 0 Å². The maximum atomic E-state index is 11.2. The third-order valence-corrected chi connectivity index (χ3v) is 1.75. The molecule has 0 unspecified atom stereocenters. The van der Waals surface area contributed by atoms with Crippen molar-refractivity contribution >= 4 is 12.3 Å². The summed E-state index contributed by atoms with van der Waals surface area (Å²) in [5.74, 6) is 1.83. The molecule has 1 aromatic rings. The largest absolute Gasteiger partial charge is 0.465 e. The lowest BCUT2D eigenvalue weighted by atomic mass is 10.1. The number of benzene rings is 1. The molecule has 14 heavy (non-hydrogen) atoms. The number of methoxy groups -OCH3 is 1. The van der Waals surface area contributed by atoms with Crippen molar-refractivity contribution in [3.05, 3.63) is 34.9 Å². The van der Waals surface area contributed by atoms with E-state index in [0.717, 1.165) is 0 Å². The summed E-state index contributed by atoms with van der Waals surface area (Å²) < 4.78 is 4.50. The van der Waals surface area contributed by atoms with Gasteiger partial charge in [0.2, 0.25) is 0 Å². The highest BCUT2D eigenvalue weighted by atomic mass is 16.5. The van der Waals surface area contributed by atoms with Gasteiger partial charge in [-0.15, -0.1) is 6.42 Å². The molecule has 0 spiro atoms. The zero-order valence-electron chi connectivity index (χ0n) is 7.61. The van der Waals surface area contributed by atoms with E-state index in [9.17, 15) is 9.59 Å². The van der Waals surface area contributed by atoms with E-state index in [0.29, 0.717) is 11.8 Å². The van der Waals surface area contributed by atoms with Crippen LogP contribution in [0.5, 0.6) is 0 Å². The monoisotopic (exact) mass is 188 g/mol. The van der Waals surface area contributed by atoms with Crippen LogP contribution in [-0.4, -0.2) is 19.4 Å². The van der Waals surface area contributed by atoms with Crippen molar-refractivity contribution in [2.24, 2.45) is 0 Å². The van der Waals surface area contributed by atoms with Crippen LogP contribution in [0.2, 0.25) is 0 Å². The quantitative estimate of drug-likeness (QED) is 0.398. The highest BCUT2D eigenvalue weighted by Crippen LogP contribution is 2.10. The molecule has 0 saturated carbocycles. The summed E-state index contributed by atoms with van der Waals surface area (Å²) in [5.41, 5.74) is 1.02. The number of aldehydes is 1. The highest BCUT2D eigenvalue weighted by molar-refractivity contribution is 5.98. The van der Waals surface area contributed by atoms with Crippen LogP contribution < -0.4 is 0 Å². The summed E-state index contributed by atoms with van der Waals surface area (Å²) in [5, 5.41) is 0. The Morgan fingerprint density at radius 1 is 1.57 bits per heavy atom. The molecular weight excluding hydrogens is 180 g/mol. The van der Waals surface area contributed by atoms with Gasteiger partial charge in [-0.3, -0.25) is 4.79 Å². The lowest BCUT2D eigenvalue weighted by molar-refractivity contribution is 0.0598. The summed E-state index contributed by atoms with van der Waals surface area (Å²) in [6.45, 7) is 0. The van der Waals surface area contributed by atoms with Gasteiger partial charge in [0.1, 0.15) is 0 Å². The molecule has 0 aliphatic rings. The number of ether oxygens (including phenoxy) is 1. The Morgan fingerprint density at radius 2 is 2.29 bits per heavy atom. The van der Waals surface area contributed by atoms with Crippen LogP contribution in [0, 0.1) is 12.3 Å². The molecule has 0 heterocycles. The van der Waals surface area contributed by atoms with Crippen molar-refractivity contribution in [3.63, 3.8) is 0 Å². The fourth-order valence-corrected chi connectivity index (χ4v) is 1.05. The van der Waals surface area contributed by atoms with Crippen LogP contribution in [0.1, 0.15) is 26.3 Å². The Hall–Kier alpha value is -2.08. The molecule has 0 aliphatic heterocycles. The smallest absolute Gasteiger partial charge is 0.338 e. The van der Waals surface area contributed by atoms with Gasteiger partial charge >= 0.3 is 5.97 Å². The summed E-state index contributed by atoms with van der Waals surface area (Å²) in [7, 11) is 1.26. The second-order valence-corrected chi connectivity index (χ2v) is 2.56. The van der Waals surface area contributed by atoms with Crippen molar-refractivity contribution in [2.75, 3.05) is 7.11 Å². The Balaban J connectivity index is 3.26. The molecular formula is C11H8O3. The molecule has 0 atom stereocenters. The maximum Gasteiger partial charge on any atom is 0.338 e. The second kappa shape index (κ2) is 4.24. The van der Waals surface area contributed by atoms with E-state index < -0.39 is 5.97 Å². The van der Waals surface area contributed by atoms with E-state index in [1.54, 1.807) is 6.07 Å². The highest BCUT2D eigenvalue weighted by Gasteiger charge is 2.10. The first-order valence-electron chi connectivity index (χ1n) is 3.87. The van der Waals surface area contributed by atoms with Gasteiger partial charge in [0.25, 0.3) is 0 Å². The molecule has 70 valence electrons. The van der Waals surface area contributed by atoms with Gasteiger partial charge in [0.15, 0.2) is 6.29 Å². The van der Waals surface area contributed by atoms with E-state index >= 15 is 0 Å². The van der Waals surface area contributed by atoms with Gasteiger partial charge in [0, 0.05) is 11.1 Å². The fourth-order valence-electron chi connectivity index (χ4n) is 1.05. The molecule has 0 radical (unpaired) electrons. The molecule has 0 N–H and O–H groups in total. The van der Waals surface area contributed by atoms with Gasteiger partial charge in [-0.05, 0) is 18.2 Å². The molecule has 1 aromatic carbocycles. The molecule has 3 nitrogen and oxygen atoms in total. The van der Waals surface area contributed by atoms with Crippen LogP contribution >= 0.6 is 0 Å². The summed E-state index contributed by atoms with van der Waals surface area (Å²) in [4.78, 5) is 21.8. The van der Waals surface area contributed by atoms with Crippen molar-refractivity contribution in [3.8, 4) is 12.3 Å². The molecule has 0 amide bonds. The number of esters is 1. The van der Waals surface area contributed by atoms with E-state index in [2.05, 4.69) is 10.7 Å². The minimum absolute atomic E-state index is 0.224. The SMILES string of the molecule is C#Cc1ccc(C(=O)OC)c(C=O)c1. The normalized spacial score (nSPS) is 8.86. The van der Waals surface area contributed by atoms with E-state index in [-0.39, 0.29) is 11.1 Å². The van der Waals surface area contributed by atoms with Crippen molar-refractivity contribution in [1.82, 2.24) is 0 Å². The average Bonchev–Trinajstić information content (AvgIpc) is 2.27. The molecule has 0 fully saturated rings. The first kappa shape index (κ1) is 10.0. The Labute approximate surface area is 81.7 Å². The molecule has 3 heteroatoms. The fraction of sp³-hybridized carbons (Fsp3) is 0.0909. The number of carbonyl (C=O) groups excluding carboxylic acids is 2. The Morgan fingerprint density at radius 3 is 2.79 bits per heavy atom. The van der Waals surface area contributed by atoms with Crippen LogP contribution in [-0.2, 0) is 4.74 Å². The van der Waals surface area contributed by atoms with Crippen molar-refractivity contribution < 1.29 is 14.3 Å². The Kier molecular flexibility index (Phi) is 3.03. The topological polar surface area (TPSA) is 43.4 Å². The van der Waals surface area contributed by atoms with Gasteiger partial charge in [-0.25, -0.2) is 4.79 Å². The minimum atomic E-state index is -0.546. The first-order chi connectivity index (χ1) is 6.72. The molecule has 0 aliphatic carbocycles. The zero-order chi connectivity index (χ0) is 10.6. The van der Waals surface area contributed by atoms with Crippen molar-refractivity contribution in [1.29, 1.82) is 0 Å². The summed E-state index contributed by atoms with van der Waals surface area (Å²) in [6, 6.07) is 4.53. The molecule has 0 aromatic heterocycles. The molecule has 0 saturated heterocycles. The predicted molar refractivity (Wildman–Crippen MR) is 51.1 cm³/mol. The van der Waals surface area contributed by atoms with E-state index in [1.807, 2.05) is 0 Å². The number of terminal acetylenes is 1. The predicted octanol–water partition coefficient (Wildman–Crippen LogP) is 1.27. The van der Waals surface area contributed by atoms with Crippen LogP contribution in [0.25, 0.3) is 0 Å². The average molecular weight is 188 g/mol. The first-order valence-corrected chi connectivity index (χ1v) is 3.87. The lowest BCUT2D eigenvalue weighted by Gasteiger charge is -2.02. The minimum Gasteiger partial charge on any atom is -0.465 e. The van der Waals surface area contributed by atoms with Gasteiger partial charge in [-0.2, -0.15) is 0 Å². The zero-order valence-corrected chi connectivity index (χ0v) is 7.61. The third-order valence-electron chi connectivity index (χ3n) is 1.75. The number of hydrogen-bond donors (Lipinski definition) is 0. The Bertz CT molecular complexity index is 413.